The van der Waals surface area contributed by atoms with E-state index < -0.39 is 0 Å². The van der Waals surface area contributed by atoms with E-state index >= 15 is 0 Å². The molecule has 0 spiro atoms. The summed E-state index contributed by atoms with van der Waals surface area (Å²) in [6.45, 7) is 5.91. The summed E-state index contributed by atoms with van der Waals surface area (Å²) in [5.41, 5.74) is 0.0618. The lowest BCUT2D eigenvalue weighted by Gasteiger charge is -2.45. The van der Waals surface area contributed by atoms with Gasteiger partial charge >= 0.3 is 0 Å². The number of likely N-dealkylation sites (N-methyl/N-ethyl adjacent to an activating group) is 1. The Labute approximate surface area is 86.0 Å². The van der Waals surface area contributed by atoms with Crippen molar-refractivity contribution in [1.82, 2.24) is 15.5 Å². The zero-order chi connectivity index (χ0) is 10.8. The molecule has 1 unspecified atom stereocenters. The molecule has 0 saturated carbocycles. The van der Waals surface area contributed by atoms with Crippen molar-refractivity contribution < 1.29 is 4.79 Å². The molecule has 4 heteroatoms. The molecule has 0 radical (unpaired) electrons. The van der Waals surface area contributed by atoms with Crippen LogP contribution in [0, 0.1) is 0 Å². The molecule has 1 atom stereocenters. The summed E-state index contributed by atoms with van der Waals surface area (Å²) >= 11 is 0. The first-order chi connectivity index (χ1) is 6.49. The molecule has 0 aromatic heterocycles. The van der Waals surface area contributed by atoms with Gasteiger partial charge < -0.3 is 10.6 Å². The van der Waals surface area contributed by atoms with E-state index in [0.717, 1.165) is 19.5 Å². The molecule has 14 heavy (non-hydrogen) atoms. The summed E-state index contributed by atoms with van der Waals surface area (Å²) in [6, 6.07) is 0.00574. The molecule has 0 bridgehead atoms. The maximum atomic E-state index is 11.6. The fourth-order valence-electron chi connectivity index (χ4n) is 1.75. The van der Waals surface area contributed by atoms with E-state index in [-0.39, 0.29) is 17.5 Å². The van der Waals surface area contributed by atoms with Crippen LogP contribution < -0.4 is 10.6 Å². The smallest absolute Gasteiger partial charge is 0.237 e. The van der Waals surface area contributed by atoms with Crippen LogP contribution in [0.5, 0.6) is 0 Å². The first kappa shape index (κ1) is 11.5. The van der Waals surface area contributed by atoms with Crippen LogP contribution >= 0.6 is 0 Å². The quantitative estimate of drug-likeness (QED) is 0.662. The lowest BCUT2D eigenvalue weighted by atomic mass is 9.95. The Morgan fingerprint density at radius 2 is 2.29 bits per heavy atom. The van der Waals surface area contributed by atoms with Gasteiger partial charge in [-0.25, -0.2) is 0 Å². The zero-order valence-electron chi connectivity index (χ0n) is 9.55. The standard InChI is InChI=1S/C10H21N3O/c1-10(2)7-12-9(14)8(13(10)4)5-6-11-3/h8,11H,5-7H2,1-4H3,(H,12,14). The Morgan fingerprint density at radius 3 is 2.86 bits per heavy atom. The van der Waals surface area contributed by atoms with Gasteiger partial charge in [0.25, 0.3) is 0 Å². The van der Waals surface area contributed by atoms with E-state index in [2.05, 4.69) is 29.4 Å². The number of piperazine rings is 1. The second kappa shape index (κ2) is 4.28. The van der Waals surface area contributed by atoms with Crippen LogP contribution in [0.1, 0.15) is 20.3 Å². The second-order valence-corrected chi connectivity index (χ2v) is 4.55. The highest BCUT2D eigenvalue weighted by molar-refractivity contribution is 5.82. The normalized spacial score (nSPS) is 27.4. The Hall–Kier alpha value is -0.610. The van der Waals surface area contributed by atoms with Gasteiger partial charge in [-0.1, -0.05) is 0 Å². The predicted octanol–water partition coefficient (Wildman–Crippen LogP) is -0.195. The van der Waals surface area contributed by atoms with Crippen LogP contribution in [0.15, 0.2) is 0 Å². The van der Waals surface area contributed by atoms with E-state index in [0.29, 0.717) is 0 Å². The molecule has 1 aliphatic rings. The molecule has 1 rings (SSSR count). The number of rotatable bonds is 3. The fraction of sp³-hybridized carbons (Fsp3) is 0.900. The molecular weight excluding hydrogens is 178 g/mol. The summed E-state index contributed by atoms with van der Waals surface area (Å²) in [7, 11) is 3.94. The molecule has 0 aromatic carbocycles. The molecule has 1 saturated heterocycles. The average molecular weight is 199 g/mol. The minimum absolute atomic E-state index is 0.00574. The molecule has 2 N–H and O–H groups in total. The summed E-state index contributed by atoms with van der Waals surface area (Å²) in [5, 5.41) is 6.03. The maximum absolute atomic E-state index is 11.6. The highest BCUT2D eigenvalue weighted by atomic mass is 16.2. The highest BCUT2D eigenvalue weighted by Crippen LogP contribution is 2.20. The van der Waals surface area contributed by atoms with E-state index in [9.17, 15) is 4.79 Å². The third-order valence-electron chi connectivity index (χ3n) is 3.09. The van der Waals surface area contributed by atoms with Crippen LogP contribution in [0.3, 0.4) is 0 Å². The molecule has 1 amide bonds. The second-order valence-electron chi connectivity index (χ2n) is 4.55. The monoisotopic (exact) mass is 199 g/mol. The van der Waals surface area contributed by atoms with Gasteiger partial charge in [-0.15, -0.1) is 0 Å². The van der Waals surface area contributed by atoms with Crippen molar-refractivity contribution in [3.05, 3.63) is 0 Å². The van der Waals surface area contributed by atoms with Crippen molar-refractivity contribution >= 4 is 5.91 Å². The highest BCUT2D eigenvalue weighted by Gasteiger charge is 2.37. The summed E-state index contributed by atoms with van der Waals surface area (Å²) in [5.74, 6) is 0.155. The largest absolute Gasteiger partial charge is 0.353 e. The minimum Gasteiger partial charge on any atom is -0.353 e. The average Bonchev–Trinajstić information content (AvgIpc) is 2.13. The molecular formula is C10H21N3O. The van der Waals surface area contributed by atoms with Gasteiger partial charge in [0.1, 0.15) is 0 Å². The first-order valence-corrected chi connectivity index (χ1v) is 5.14. The third kappa shape index (κ3) is 2.25. The Bertz CT molecular complexity index is 215. The molecule has 1 heterocycles. The number of hydrogen-bond acceptors (Lipinski definition) is 3. The number of carbonyl (C=O) groups is 1. The van der Waals surface area contributed by atoms with Gasteiger partial charge in [0.2, 0.25) is 5.91 Å². The van der Waals surface area contributed by atoms with Crippen LogP contribution in [-0.2, 0) is 4.79 Å². The van der Waals surface area contributed by atoms with Gasteiger partial charge in [0.15, 0.2) is 0 Å². The van der Waals surface area contributed by atoms with Crippen molar-refractivity contribution in [2.75, 3.05) is 27.2 Å². The summed E-state index contributed by atoms with van der Waals surface area (Å²) in [4.78, 5) is 13.8. The van der Waals surface area contributed by atoms with E-state index in [4.69, 9.17) is 0 Å². The molecule has 4 nitrogen and oxygen atoms in total. The Kier molecular flexibility index (Phi) is 3.50. The molecule has 82 valence electrons. The van der Waals surface area contributed by atoms with Gasteiger partial charge in [-0.05, 0) is 40.9 Å². The van der Waals surface area contributed by atoms with Crippen molar-refractivity contribution in [1.29, 1.82) is 0 Å². The third-order valence-corrected chi connectivity index (χ3v) is 3.09. The number of nitrogens with one attached hydrogen (secondary N) is 2. The van der Waals surface area contributed by atoms with Crippen LogP contribution in [0.2, 0.25) is 0 Å². The van der Waals surface area contributed by atoms with Crippen molar-refractivity contribution in [3.63, 3.8) is 0 Å². The van der Waals surface area contributed by atoms with Crippen molar-refractivity contribution in [3.8, 4) is 0 Å². The summed E-state index contributed by atoms with van der Waals surface area (Å²) < 4.78 is 0. The Balaban J connectivity index is 2.64. The fourth-order valence-corrected chi connectivity index (χ4v) is 1.75. The lowest BCUT2D eigenvalue weighted by Crippen LogP contribution is -2.64. The molecule has 0 aromatic rings. The van der Waals surface area contributed by atoms with Crippen LogP contribution in [0.4, 0.5) is 0 Å². The predicted molar refractivity (Wildman–Crippen MR) is 57.2 cm³/mol. The number of carbonyl (C=O) groups excluding carboxylic acids is 1. The number of hydrogen-bond donors (Lipinski definition) is 2. The number of nitrogens with zero attached hydrogens (tertiary/aromatic N) is 1. The van der Waals surface area contributed by atoms with Gasteiger partial charge in [0.05, 0.1) is 6.04 Å². The number of amides is 1. The van der Waals surface area contributed by atoms with Gasteiger partial charge in [-0.3, -0.25) is 9.69 Å². The van der Waals surface area contributed by atoms with Crippen LogP contribution in [0.25, 0.3) is 0 Å². The van der Waals surface area contributed by atoms with E-state index in [1.165, 1.54) is 0 Å². The molecule has 0 aliphatic carbocycles. The first-order valence-electron chi connectivity index (χ1n) is 5.14. The topological polar surface area (TPSA) is 44.4 Å². The summed E-state index contributed by atoms with van der Waals surface area (Å²) in [6.07, 6.45) is 0.863. The molecule has 1 fully saturated rings. The van der Waals surface area contributed by atoms with Gasteiger partial charge in [0, 0.05) is 12.1 Å². The maximum Gasteiger partial charge on any atom is 0.237 e. The SMILES string of the molecule is CNCCC1C(=O)NCC(C)(C)N1C. The van der Waals surface area contributed by atoms with Crippen molar-refractivity contribution in [2.24, 2.45) is 0 Å². The lowest BCUT2D eigenvalue weighted by molar-refractivity contribution is -0.133. The minimum atomic E-state index is 0.00574. The van der Waals surface area contributed by atoms with E-state index in [1.807, 2.05) is 14.1 Å². The van der Waals surface area contributed by atoms with Crippen LogP contribution in [-0.4, -0.2) is 49.6 Å². The van der Waals surface area contributed by atoms with Crippen molar-refractivity contribution in [2.45, 2.75) is 31.8 Å². The molecule has 1 aliphatic heterocycles. The van der Waals surface area contributed by atoms with Gasteiger partial charge in [-0.2, -0.15) is 0 Å². The zero-order valence-corrected chi connectivity index (χ0v) is 9.55. The Morgan fingerprint density at radius 1 is 1.64 bits per heavy atom. The van der Waals surface area contributed by atoms with E-state index in [1.54, 1.807) is 0 Å².